The summed E-state index contributed by atoms with van der Waals surface area (Å²) in [4.78, 5) is 25.4. The van der Waals surface area contributed by atoms with Gasteiger partial charge in [0.15, 0.2) is 21.4 Å². The van der Waals surface area contributed by atoms with E-state index in [-0.39, 0.29) is 26.7 Å². The van der Waals surface area contributed by atoms with Crippen LogP contribution in [-0.4, -0.2) is 57.4 Å². The van der Waals surface area contributed by atoms with Crippen LogP contribution in [0.2, 0.25) is 0 Å². The fourth-order valence-electron chi connectivity index (χ4n) is 4.12. The molecule has 12 heteroatoms. The van der Waals surface area contributed by atoms with Gasteiger partial charge >= 0.3 is 0 Å². The molecule has 1 aromatic rings. The number of hydrogen-bond acceptors (Lipinski definition) is 9. The van der Waals surface area contributed by atoms with Gasteiger partial charge in [-0.3, -0.25) is 9.59 Å². The van der Waals surface area contributed by atoms with Crippen molar-refractivity contribution in [3.05, 3.63) is 11.6 Å². The van der Waals surface area contributed by atoms with E-state index in [4.69, 9.17) is 4.74 Å². The van der Waals surface area contributed by atoms with E-state index in [9.17, 15) is 26.4 Å². The Morgan fingerprint density at radius 3 is 2.31 bits per heavy atom. The fraction of sp³-hybridized carbons (Fsp3) is 0.739. The van der Waals surface area contributed by atoms with Crippen LogP contribution in [0.1, 0.15) is 86.3 Å². The maximum Gasteiger partial charge on any atom is 0.251 e. The first-order valence-corrected chi connectivity index (χ1v) is 15.7. The van der Waals surface area contributed by atoms with Crippen LogP contribution < -0.4 is 10.0 Å². The monoisotopic (exact) mass is 550 g/mol. The zero-order valence-corrected chi connectivity index (χ0v) is 24.2. The van der Waals surface area contributed by atoms with Gasteiger partial charge in [-0.15, -0.1) is 11.3 Å². The standard InChI is InChI=1S/C23H38N2O7S3/c1-9-22(7,20(27)15(5)32-23(8,10-2)16(6)26)25-35(30,31)19-13-17-18(24-11-3)12-14(4)34(28,29)21(17)33-19/h13-15,18,24-25H,9-12H2,1-8H3/t14-,15?,18?,22?,23?/m0/s1. The Labute approximate surface area is 213 Å². The van der Waals surface area contributed by atoms with E-state index < -0.39 is 48.1 Å². The van der Waals surface area contributed by atoms with Crippen molar-refractivity contribution >= 4 is 42.8 Å². The van der Waals surface area contributed by atoms with E-state index in [1.54, 1.807) is 27.7 Å². The Hall–Kier alpha value is -1.18. The zero-order chi connectivity index (χ0) is 27.0. The van der Waals surface area contributed by atoms with Gasteiger partial charge in [0, 0.05) is 11.6 Å². The molecular formula is C23H38N2O7S3. The normalized spacial score (nSPS) is 24.1. The van der Waals surface area contributed by atoms with Gasteiger partial charge in [-0.25, -0.2) is 16.8 Å². The number of sulfonamides is 1. The molecule has 0 saturated carbocycles. The number of ether oxygens (including phenoxy) is 1. The Kier molecular flexibility index (Phi) is 9.16. The highest BCUT2D eigenvalue weighted by atomic mass is 32.3. The molecule has 0 bridgehead atoms. The molecule has 0 spiro atoms. The first-order valence-electron chi connectivity index (χ1n) is 11.9. The molecular weight excluding hydrogens is 512 g/mol. The number of hydrogen-bond donors (Lipinski definition) is 2. The van der Waals surface area contributed by atoms with Crippen LogP contribution in [0, 0.1) is 0 Å². The summed E-state index contributed by atoms with van der Waals surface area (Å²) in [6.07, 6.45) is -0.219. The van der Waals surface area contributed by atoms with Gasteiger partial charge < -0.3 is 10.1 Å². The van der Waals surface area contributed by atoms with Gasteiger partial charge in [0.1, 0.15) is 20.1 Å². The molecule has 0 saturated heterocycles. The van der Waals surface area contributed by atoms with Crippen molar-refractivity contribution in [2.45, 2.75) is 112 Å². The van der Waals surface area contributed by atoms with Gasteiger partial charge in [-0.2, -0.15) is 4.72 Å². The van der Waals surface area contributed by atoms with E-state index in [2.05, 4.69) is 10.0 Å². The smallest absolute Gasteiger partial charge is 0.251 e. The Morgan fingerprint density at radius 2 is 1.83 bits per heavy atom. The number of carbonyl (C=O) groups is 2. The SMILES string of the molecule is CCNC1C[C@H](C)S(=O)(=O)c2sc(S(=O)(=O)NC(C)(CC)C(=O)C(C)OC(C)(CC)C(C)=O)cc21. The number of ketones is 2. The van der Waals surface area contributed by atoms with E-state index in [0.29, 0.717) is 36.3 Å². The van der Waals surface area contributed by atoms with Crippen LogP contribution >= 0.6 is 11.3 Å². The van der Waals surface area contributed by atoms with E-state index in [0.717, 1.165) is 0 Å². The summed E-state index contributed by atoms with van der Waals surface area (Å²) >= 11 is 0.706. The number of carbonyl (C=O) groups excluding carboxylic acids is 2. The number of nitrogens with one attached hydrogen (secondary N) is 2. The molecule has 0 aromatic carbocycles. The third kappa shape index (κ3) is 5.88. The summed E-state index contributed by atoms with van der Waals surface area (Å²) in [5, 5.41) is 2.59. The van der Waals surface area contributed by atoms with Crippen LogP contribution in [-0.2, 0) is 34.2 Å². The summed E-state index contributed by atoms with van der Waals surface area (Å²) in [6, 6.07) is 1.11. The van der Waals surface area contributed by atoms with Crippen LogP contribution in [0.4, 0.5) is 0 Å². The van der Waals surface area contributed by atoms with E-state index in [1.165, 1.54) is 26.8 Å². The first-order chi connectivity index (χ1) is 16.0. The third-order valence-electron chi connectivity index (χ3n) is 6.98. The second kappa shape index (κ2) is 10.7. The molecule has 0 aliphatic carbocycles. The maximum atomic E-state index is 13.4. The molecule has 1 aliphatic rings. The third-order valence-corrected chi connectivity index (χ3v) is 13.0. The number of thiophene rings is 1. The number of Topliss-reactive ketones (excluding diaryl/α,β-unsaturated/α-hetero) is 2. The Balaban J connectivity index is 2.42. The molecule has 0 radical (unpaired) electrons. The molecule has 2 rings (SSSR count). The summed E-state index contributed by atoms with van der Waals surface area (Å²) in [7, 11) is -7.90. The van der Waals surface area contributed by atoms with E-state index in [1.807, 2.05) is 6.92 Å². The molecule has 200 valence electrons. The molecule has 35 heavy (non-hydrogen) atoms. The second-order valence-electron chi connectivity index (χ2n) is 9.57. The lowest BCUT2D eigenvalue weighted by Gasteiger charge is -2.34. The first kappa shape index (κ1) is 30.0. The minimum atomic E-state index is -4.24. The number of sulfone groups is 1. The highest BCUT2D eigenvalue weighted by molar-refractivity contribution is 7.95. The topological polar surface area (TPSA) is 136 Å². The summed E-state index contributed by atoms with van der Waals surface area (Å²) in [5.41, 5.74) is -2.25. The van der Waals surface area contributed by atoms with E-state index >= 15 is 0 Å². The summed E-state index contributed by atoms with van der Waals surface area (Å²) in [6.45, 7) is 13.5. The van der Waals surface area contributed by atoms with Crippen molar-refractivity contribution in [3.8, 4) is 0 Å². The molecule has 2 N–H and O–H groups in total. The van der Waals surface area contributed by atoms with Crippen molar-refractivity contribution in [3.63, 3.8) is 0 Å². The Morgan fingerprint density at radius 1 is 1.23 bits per heavy atom. The minimum absolute atomic E-state index is 0.0453. The predicted molar refractivity (Wildman–Crippen MR) is 136 cm³/mol. The van der Waals surface area contributed by atoms with Gasteiger partial charge in [0.25, 0.3) is 10.0 Å². The largest absolute Gasteiger partial charge is 0.357 e. The van der Waals surface area contributed by atoms with Crippen LogP contribution in [0.15, 0.2) is 14.5 Å². The van der Waals surface area contributed by atoms with Crippen LogP contribution in [0.5, 0.6) is 0 Å². The van der Waals surface area contributed by atoms with Crippen molar-refractivity contribution in [2.75, 3.05) is 6.54 Å². The van der Waals surface area contributed by atoms with Crippen LogP contribution in [0.3, 0.4) is 0 Å². The molecule has 5 atom stereocenters. The highest BCUT2D eigenvalue weighted by Crippen LogP contribution is 2.43. The lowest BCUT2D eigenvalue weighted by atomic mass is 9.90. The molecule has 9 nitrogen and oxygen atoms in total. The second-order valence-corrected chi connectivity index (χ2v) is 15.1. The van der Waals surface area contributed by atoms with Crippen LogP contribution in [0.25, 0.3) is 0 Å². The van der Waals surface area contributed by atoms with Crippen molar-refractivity contribution < 1.29 is 31.2 Å². The molecule has 0 fully saturated rings. The molecule has 4 unspecified atom stereocenters. The number of fused-ring (bicyclic) bond motifs is 1. The fourth-order valence-corrected chi connectivity index (χ4v) is 9.57. The lowest BCUT2D eigenvalue weighted by Crippen LogP contribution is -2.56. The molecule has 1 aromatic heterocycles. The maximum absolute atomic E-state index is 13.4. The zero-order valence-electron chi connectivity index (χ0n) is 21.7. The van der Waals surface area contributed by atoms with Gasteiger partial charge in [-0.05, 0) is 66.5 Å². The van der Waals surface area contributed by atoms with Crippen molar-refractivity contribution in [1.29, 1.82) is 0 Å². The average Bonchev–Trinajstić information content (AvgIpc) is 3.24. The van der Waals surface area contributed by atoms with Gasteiger partial charge in [0.2, 0.25) is 0 Å². The predicted octanol–water partition coefficient (Wildman–Crippen LogP) is 3.14. The van der Waals surface area contributed by atoms with Gasteiger partial charge in [-0.1, -0.05) is 20.8 Å². The summed E-state index contributed by atoms with van der Waals surface area (Å²) < 4.78 is 60.8. The molecule has 2 heterocycles. The van der Waals surface area contributed by atoms with Crippen molar-refractivity contribution in [2.24, 2.45) is 0 Å². The lowest BCUT2D eigenvalue weighted by molar-refractivity contribution is -0.158. The minimum Gasteiger partial charge on any atom is -0.357 e. The van der Waals surface area contributed by atoms with Crippen molar-refractivity contribution in [1.82, 2.24) is 10.0 Å². The molecule has 1 aliphatic heterocycles. The highest BCUT2D eigenvalue weighted by Gasteiger charge is 2.44. The molecule has 0 amide bonds. The Bertz CT molecular complexity index is 1180. The quantitative estimate of drug-likeness (QED) is 0.405. The average molecular weight is 551 g/mol. The summed E-state index contributed by atoms with van der Waals surface area (Å²) in [5.74, 6) is -0.745. The number of rotatable bonds is 12. The van der Waals surface area contributed by atoms with Gasteiger partial charge in [0.05, 0.1) is 10.8 Å².